The zero-order valence-corrected chi connectivity index (χ0v) is 9.88. The van der Waals surface area contributed by atoms with Crippen molar-refractivity contribution in [2.45, 2.75) is 51.3 Å². The van der Waals surface area contributed by atoms with E-state index < -0.39 is 11.3 Å². The molecule has 0 heterocycles. The van der Waals surface area contributed by atoms with Crippen molar-refractivity contribution in [3.05, 3.63) is 0 Å². The molecule has 0 aliphatic carbocycles. The number of unbranched alkanes of at least 4 members (excludes halogenated alkanes) is 2. The summed E-state index contributed by atoms with van der Waals surface area (Å²) in [6.45, 7) is 5.34. The highest BCUT2D eigenvalue weighted by Gasteiger charge is 2.30. The van der Waals surface area contributed by atoms with Crippen LogP contribution in [0.4, 0.5) is 0 Å². The lowest BCUT2D eigenvalue weighted by molar-refractivity contribution is -0.140. The summed E-state index contributed by atoms with van der Waals surface area (Å²) in [6, 6.07) is 0. The SMILES string of the molecule is [B]C(CCCC)(CNCCCC)C(=O)O. The van der Waals surface area contributed by atoms with Gasteiger partial charge < -0.3 is 10.4 Å². The maximum Gasteiger partial charge on any atom is 0.301 e. The summed E-state index contributed by atoms with van der Waals surface area (Å²) in [5.74, 6) is -0.903. The van der Waals surface area contributed by atoms with Crippen molar-refractivity contribution in [1.29, 1.82) is 0 Å². The highest BCUT2D eigenvalue weighted by atomic mass is 16.4. The van der Waals surface area contributed by atoms with Crippen molar-refractivity contribution >= 4 is 13.8 Å². The molecule has 2 radical (unpaired) electrons. The smallest absolute Gasteiger partial charge is 0.301 e. The van der Waals surface area contributed by atoms with Crippen molar-refractivity contribution in [2.75, 3.05) is 13.1 Å². The quantitative estimate of drug-likeness (QED) is 0.452. The van der Waals surface area contributed by atoms with E-state index in [1.165, 1.54) is 0 Å². The maximum absolute atomic E-state index is 11.0. The van der Waals surface area contributed by atoms with Gasteiger partial charge in [0.25, 0.3) is 0 Å². The molecule has 0 rings (SSSR count). The molecule has 0 spiro atoms. The normalized spacial score (nSPS) is 14.8. The van der Waals surface area contributed by atoms with Gasteiger partial charge in [0.1, 0.15) is 0 Å². The van der Waals surface area contributed by atoms with Crippen LogP contribution in [0.25, 0.3) is 0 Å². The topological polar surface area (TPSA) is 49.3 Å². The monoisotopic (exact) mass is 211 g/mol. The first-order valence-electron chi connectivity index (χ1n) is 5.79. The fourth-order valence-corrected chi connectivity index (χ4v) is 1.38. The number of carboxylic acid groups (broad SMARTS) is 1. The van der Waals surface area contributed by atoms with Gasteiger partial charge in [0.15, 0.2) is 0 Å². The third-order valence-electron chi connectivity index (χ3n) is 2.55. The number of hydrogen-bond donors (Lipinski definition) is 2. The first-order chi connectivity index (χ1) is 7.06. The van der Waals surface area contributed by atoms with Crippen LogP contribution in [-0.2, 0) is 4.79 Å². The minimum Gasteiger partial charge on any atom is -0.481 e. The van der Waals surface area contributed by atoms with E-state index in [0.29, 0.717) is 13.0 Å². The molecule has 0 aliphatic heterocycles. The van der Waals surface area contributed by atoms with Crippen LogP contribution in [0.1, 0.15) is 46.0 Å². The molecule has 0 aliphatic rings. The lowest BCUT2D eigenvalue weighted by atomic mass is 9.65. The highest BCUT2D eigenvalue weighted by Crippen LogP contribution is 2.28. The molecule has 0 fully saturated rings. The lowest BCUT2D eigenvalue weighted by Gasteiger charge is -2.25. The van der Waals surface area contributed by atoms with Gasteiger partial charge in [0.2, 0.25) is 0 Å². The van der Waals surface area contributed by atoms with E-state index in [0.717, 1.165) is 32.2 Å². The Morgan fingerprint density at radius 1 is 1.33 bits per heavy atom. The van der Waals surface area contributed by atoms with Crippen molar-refractivity contribution in [3.63, 3.8) is 0 Å². The zero-order valence-electron chi connectivity index (χ0n) is 9.88. The van der Waals surface area contributed by atoms with E-state index in [4.69, 9.17) is 13.0 Å². The fraction of sp³-hybridized carbons (Fsp3) is 0.909. The van der Waals surface area contributed by atoms with Crippen LogP contribution in [0.2, 0.25) is 5.31 Å². The van der Waals surface area contributed by atoms with Gasteiger partial charge in [-0.2, -0.15) is 0 Å². The molecule has 0 aromatic heterocycles. The highest BCUT2D eigenvalue weighted by molar-refractivity contribution is 6.26. The first kappa shape index (κ1) is 14.5. The molecular weight excluding hydrogens is 189 g/mol. The third-order valence-corrected chi connectivity index (χ3v) is 2.55. The molecule has 0 aromatic carbocycles. The number of aliphatic carboxylic acids is 1. The molecule has 0 bridgehead atoms. The van der Waals surface area contributed by atoms with E-state index in [2.05, 4.69) is 12.2 Å². The second kappa shape index (κ2) is 7.74. The molecule has 1 atom stereocenters. The van der Waals surface area contributed by atoms with Crippen LogP contribution < -0.4 is 5.32 Å². The molecule has 86 valence electrons. The van der Waals surface area contributed by atoms with Gasteiger partial charge in [0.05, 0.1) is 7.85 Å². The van der Waals surface area contributed by atoms with Crippen molar-refractivity contribution in [1.82, 2.24) is 5.32 Å². The maximum atomic E-state index is 11.0. The van der Waals surface area contributed by atoms with Crippen molar-refractivity contribution in [2.24, 2.45) is 0 Å². The van der Waals surface area contributed by atoms with Crippen LogP contribution in [0.3, 0.4) is 0 Å². The van der Waals surface area contributed by atoms with Crippen molar-refractivity contribution < 1.29 is 9.90 Å². The number of nitrogens with one attached hydrogen (secondary N) is 1. The second-order valence-corrected chi connectivity index (χ2v) is 4.10. The standard InChI is InChI=1S/C11H22BNO2/c1-3-5-7-11(12,10(14)15)9-13-8-6-4-2/h13H,3-9H2,1-2H3,(H,14,15). The van der Waals surface area contributed by atoms with Gasteiger partial charge in [-0.15, -0.1) is 0 Å². The summed E-state index contributed by atoms with van der Waals surface area (Å²) in [5.41, 5.74) is 0. The summed E-state index contributed by atoms with van der Waals surface area (Å²) in [6.07, 6.45) is 4.54. The zero-order chi connectivity index (χ0) is 11.7. The Bertz CT molecular complexity index is 187. The Balaban J connectivity index is 3.96. The van der Waals surface area contributed by atoms with Crippen LogP contribution in [0.15, 0.2) is 0 Å². The van der Waals surface area contributed by atoms with E-state index >= 15 is 0 Å². The molecule has 15 heavy (non-hydrogen) atoms. The summed E-state index contributed by atoms with van der Waals surface area (Å²) in [7, 11) is 5.85. The van der Waals surface area contributed by atoms with Gasteiger partial charge in [-0.25, -0.2) is 0 Å². The average Bonchev–Trinajstić information content (AvgIpc) is 2.21. The Labute approximate surface area is 94.0 Å². The van der Waals surface area contributed by atoms with Gasteiger partial charge in [-0.1, -0.05) is 33.1 Å². The predicted octanol–water partition coefficient (Wildman–Crippen LogP) is 1.98. The van der Waals surface area contributed by atoms with E-state index in [9.17, 15) is 4.79 Å². The van der Waals surface area contributed by atoms with Crippen LogP contribution in [0, 0.1) is 0 Å². The Morgan fingerprint density at radius 2 is 1.93 bits per heavy atom. The van der Waals surface area contributed by atoms with Crippen LogP contribution in [-0.4, -0.2) is 32.0 Å². The largest absolute Gasteiger partial charge is 0.481 e. The summed E-state index contributed by atoms with van der Waals surface area (Å²) in [4.78, 5) is 11.0. The fourth-order valence-electron chi connectivity index (χ4n) is 1.38. The van der Waals surface area contributed by atoms with Crippen LogP contribution >= 0.6 is 0 Å². The van der Waals surface area contributed by atoms with Crippen molar-refractivity contribution in [3.8, 4) is 0 Å². The van der Waals surface area contributed by atoms with E-state index in [1.54, 1.807) is 0 Å². The minimum absolute atomic E-state index is 0.363. The Hall–Kier alpha value is -0.505. The number of hydrogen-bond acceptors (Lipinski definition) is 2. The molecule has 3 nitrogen and oxygen atoms in total. The number of carbonyl (C=O) groups is 1. The lowest BCUT2D eigenvalue weighted by Crippen LogP contribution is -2.36. The molecule has 0 amide bonds. The average molecular weight is 211 g/mol. The van der Waals surface area contributed by atoms with Gasteiger partial charge in [-0.05, 0) is 19.4 Å². The molecule has 2 N–H and O–H groups in total. The van der Waals surface area contributed by atoms with Crippen LogP contribution in [0.5, 0.6) is 0 Å². The minimum atomic E-state index is -1.09. The Morgan fingerprint density at radius 3 is 2.40 bits per heavy atom. The van der Waals surface area contributed by atoms with Gasteiger partial charge in [-0.3, -0.25) is 4.79 Å². The molecule has 0 aromatic rings. The number of carboxylic acids is 1. The summed E-state index contributed by atoms with van der Waals surface area (Å²) >= 11 is 0. The summed E-state index contributed by atoms with van der Waals surface area (Å²) < 4.78 is 0. The van der Waals surface area contributed by atoms with E-state index in [1.807, 2.05) is 6.92 Å². The third kappa shape index (κ3) is 5.83. The first-order valence-corrected chi connectivity index (χ1v) is 5.79. The molecule has 0 saturated carbocycles. The molecular formula is C11H22BNO2. The molecule has 1 unspecified atom stereocenters. The summed E-state index contributed by atoms with van der Waals surface area (Å²) in [5, 5.41) is 11.1. The second-order valence-electron chi connectivity index (χ2n) is 4.10. The molecule has 4 heteroatoms. The van der Waals surface area contributed by atoms with Gasteiger partial charge >= 0.3 is 5.97 Å². The van der Waals surface area contributed by atoms with E-state index in [-0.39, 0.29) is 0 Å². The Kier molecular flexibility index (Phi) is 7.48. The number of rotatable bonds is 9. The molecule has 0 saturated heterocycles. The van der Waals surface area contributed by atoms with Gasteiger partial charge in [0, 0.05) is 11.9 Å². The predicted molar refractivity (Wildman–Crippen MR) is 63.4 cm³/mol.